The predicted octanol–water partition coefficient (Wildman–Crippen LogP) is 0.823. The highest BCUT2D eigenvalue weighted by Crippen LogP contribution is 1.86. The van der Waals surface area contributed by atoms with Gasteiger partial charge in [-0.15, -0.1) is 0 Å². The predicted molar refractivity (Wildman–Crippen MR) is 37.3 cm³/mol. The standard InChI is InChI=1S/C5H10N4O/c6-9-8-4-2-1-3-7-5-10/h5H,1-4H2,(H,7,10). The van der Waals surface area contributed by atoms with Gasteiger partial charge >= 0.3 is 0 Å². The number of carbonyl (C=O) groups is 1. The van der Waals surface area contributed by atoms with E-state index in [4.69, 9.17) is 5.53 Å². The van der Waals surface area contributed by atoms with Crippen LogP contribution in [0, 0.1) is 0 Å². The Hall–Kier alpha value is -1.22. The van der Waals surface area contributed by atoms with Crippen molar-refractivity contribution in [3.8, 4) is 0 Å². The van der Waals surface area contributed by atoms with Crippen LogP contribution in [0.5, 0.6) is 0 Å². The summed E-state index contributed by atoms with van der Waals surface area (Å²) in [5.41, 5.74) is 7.86. The zero-order valence-corrected chi connectivity index (χ0v) is 5.66. The molecular formula is C5H10N4O. The molecule has 0 spiro atoms. The van der Waals surface area contributed by atoms with Crippen LogP contribution in [-0.2, 0) is 4.79 Å². The summed E-state index contributed by atoms with van der Waals surface area (Å²) in [6.07, 6.45) is 2.34. The Kier molecular flexibility index (Phi) is 6.83. The van der Waals surface area contributed by atoms with Gasteiger partial charge in [-0.3, -0.25) is 4.79 Å². The van der Waals surface area contributed by atoms with Crippen LogP contribution in [0.1, 0.15) is 12.8 Å². The molecular weight excluding hydrogens is 132 g/mol. The van der Waals surface area contributed by atoms with Crippen molar-refractivity contribution >= 4 is 6.41 Å². The van der Waals surface area contributed by atoms with Gasteiger partial charge < -0.3 is 5.32 Å². The first-order chi connectivity index (χ1) is 4.91. The van der Waals surface area contributed by atoms with Gasteiger partial charge in [-0.25, -0.2) is 0 Å². The van der Waals surface area contributed by atoms with Crippen LogP contribution in [0.25, 0.3) is 10.4 Å². The molecule has 0 aromatic carbocycles. The van der Waals surface area contributed by atoms with Crippen LogP contribution >= 0.6 is 0 Å². The van der Waals surface area contributed by atoms with Gasteiger partial charge in [-0.05, 0) is 18.4 Å². The minimum absolute atomic E-state index is 0.511. The van der Waals surface area contributed by atoms with Crippen molar-refractivity contribution < 1.29 is 4.79 Å². The Balaban J connectivity index is 2.90. The van der Waals surface area contributed by atoms with Gasteiger partial charge in [0.05, 0.1) is 0 Å². The van der Waals surface area contributed by atoms with Gasteiger partial charge in [0.25, 0.3) is 0 Å². The molecule has 0 saturated carbocycles. The monoisotopic (exact) mass is 142 g/mol. The lowest BCUT2D eigenvalue weighted by Gasteiger charge is -1.93. The second-order valence-electron chi connectivity index (χ2n) is 1.73. The van der Waals surface area contributed by atoms with Gasteiger partial charge in [-0.2, -0.15) is 0 Å². The maximum atomic E-state index is 9.70. The molecule has 5 nitrogen and oxygen atoms in total. The molecule has 0 rings (SSSR count). The minimum atomic E-state index is 0.511. The Morgan fingerprint density at radius 1 is 1.60 bits per heavy atom. The first kappa shape index (κ1) is 8.78. The largest absolute Gasteiger partial charge is 0.359 e. The fraction of sp³-hybridized carbons (Fsp3) is 0.800. The fourth-order valence-electron chi connectivity index (χ4n) is 0.513. The van der Waals surface area contributed by atoms with E-state index < -0.39 is 0 Å². The van der Waals surface area contributed by atoms with Crippen LogP contribution in [-0.4, -0.2) is 19.5 Å². The molecule has 0 heterocycles. The van der Waals surface area contributed by atoms with Gasteiger partial charge in [0.1, 0.15) is 0 Å². The third-order valence-corrected chi connectivity index (χ3v) is 0.976. The average Bonchev–Trinajstić information content (AvgIpc) is 1.97. The lowest BCUT2D eigenvalue weighted by atomic mass is 10.3. The molecule has 56 valence electrons. The molecule has 5 heteroatoms. The van der Waals surface area contributed by atoms with E-state index in [0.29, 0.717) is 19.5 Å². The number of amides is 1. The second kappa shape index (κ2) is 7.78. The van der Waals surface area contributed by atoms with Crippen LogP contribution in [0.4, 0.5) is 0 Å². The number of carbonyl (C=O) groups excluding carboxylic acids is 1. The Bertz CT molecular complexity index is 130. The SMILES string of the molecule is [N-]=[N+]=NCCCCNC=O. The molecule has 1 amide bonds. The van der Waals surface area contributed by atoms with Gasteiger partial charge in [0, 0.05) is 18.0 Å². The van der Waals surface area contributed by atoms with Gasteiger partial charge in [-0.1, -0.05) is 5.11 Å². The topological polar surface area (TPSA) is 77.9 Å². The van der Waals surface area contributed by atoms with Crippen LogP contribution in [0.3, 0.4) is 0 Å². The smallest absolute Gasteiger partial charge is 0.207 e. The number of nitrogens with zero attached hydrogens (tertiary/aromatic N) is 3. The fourth-order valence-corrected chi connectivity index (χ4v) is 0.513. The minimum Gasteiger partial charge on any atom is -0.359 e. The molecule has 0 saturated heterocycles. The molecule has 0 aromatic heterocycles. The number of azide groups is 1. The Morgan fingerprint density at radius 3 is 3.00 bits per heavy atom. The van der Waals surface area contributed by atoms with Crippen molar-refractivity contribution in [2.24, 2.45) is 5.11 Å². The van der Waals surface area contributed by atoms with E-state index in [-0.39, 0.29) is 0 Å². The normalized spacial score (nSPS) is 8.00. The number of unbranched alkanes of at least 4 members (excludes halogenated alkanes) is 1. The maximum absolute atomic E-state index is 9.70. The molecule has 10 heavy (non-hydrogen) atoms. The second-order valence-corrected chi connectivity index (χ2v) is 1.73. The van der Waals surface area contributed by atoms with E-state index in [1.807, 2.05) is 0 Å². The number of hydrogen-bond acceptors (Lipinski definition) is 2. The number of rotatable bonds is 6. The van der Waals surface area contributed by atoms with Crippen molar-refractivity contribution in [3.05, 3.63) is 10.4 Å². The summed E-state index contributed by atoms with van der Waals surface area (Å²) in [4.78, 5) is 12.3. The maximum Gasteiger partial charge on any atom is 0.207 e. The van der Waals surface area contributed by atoms with Gasteiger partial charge in [0.2, 0.25) is 6.41 Å². The summed E-state index contributed by atoms with van der Waals surface area (Å²) in [7, 11) is 0. The number of hydrogen-bond donors (Lipinski definition) is 1. The van der Waals surface area contributed by atoms with E-state index in [2.05, 4.69) is 15.3 Å². The highest BCUT2D eigenvalue weighted by Gasteiger charge is 1.83. The van der Waals surface area contributed by atoms with Crippen LogP contribution < -0.4 is 5.32 Å². The van der Waals surface area contributed by atoms with E-state index >= 15 is 0 Å². The molecule has 0 aliphatic carbocycles. The van der Waals surface area contributed by atoms with Crippen LogP contribution in [0.2, 0.25) is 0 Å². The zero-order valence-electron chi connectivity index (χ0n) is 5.66. The van der Waals surface area contributed by atoms with Crippen molar-refractivity contribution in [1.82, 2.24) is 5.32 Å². The van der Waals surface area contributed by atoms with Crippen molar-refractivity contribution in [3.63, 3.8) is 0 Å². The quantitative estimate of drug-likeness (QED) is 0.192. The zero-order chi connectivity index (χ0) is 7.66. The highest BCUT2D eigenvalue weighted by atomic mass is 16.1. The summed E-state index contributed by atoms with van der Waals surface area (Å²) in [5, 5.41) is 5.84. The van der Waals surface area contributed by atoms with E-state index in [9.17, 15) is 4.79 Å². The summed E-state index contributed by atoms with van der Waals surface area (Å²) < 4.78 is 0. The van der Waals surface area contributed by atoms with Crippen molar-refractivity contribution in [2.45, 2.75) is 12.8 Å². The first-order valence-electron chi connectivity index (χ1n) is 3.09. The average molecular weight is 142 g/mol. The lowest BCUT2D eigenvalue weighted by molar-refractivity contribution is -0.109. The molecule has 0 aliphatic rings. The molecule has 0 aromatic rings. The Morgan fingerprint density at radius 2 is 2.40 bits per heavy atom. The summed E-state index contributed by atoms with van der Waals surface area (Å²) in [5.74, 6) is 0. The van der Waals surface area contributed by atoms with E-state index in [1.54, 1.807) is 0 Å². The molecule has 0 fully saturated rings. The molecule has 0 radical (unpaired) electrons. The Labute approximate surface area is 59.0 Å². The van der Waals surface area contributed by atoms with Gasteiger partial charge in [0.15, 0.2) is 0 Å². The molecule has 0 unspecified atom stereocenters. The lowest BCUT2D eigenvalue weighted by Crippen LogP contribution is -2.11. The van der Waals surface area contributed by atoms with Crippen molar-refractivity contribution in [2.75, 3.05) is 13.1 Å². The molecule has 0 atom stereocenters. The first-order valence-corrected chi connectivity index (χ1v) is 3.09. The van der Waals surface area contributed by atoms with E-state index in [0.717, 1.165) is 12.8 Å². The summed E-state index contributed by atoms with van der Waals surface area (Å²) in [6.45, 7) is 1.17. The number of nitrogens with one attached hydrogen (secondary N) is 1. The molecule has 1 N–H and O–H groups in total. The van der Waals surface area contributed by atoms with Crippen LogP contribution in [0.15, 0.2) is 5.11 Å². The highest BCUT2D eigenvalue weighted by molar-refractivity contribution is 5.45. The molecule has 0 bridgehead atoms. The third-order valence-electron chi connectivity index (χ3n) is 0.976. The van der Waals surface area contributed by atoms with E-state index in [1.165, 1.54) is 0 Å². The van der Waals surface area contributed by atoms with Crippen molar-refractivity contribution in [1.29, 1.82) is 0 Å². The summed E-state index contributed by atoms with van der Waals surface area (Å²) in [6, 6.07) is 0. The summed E-state index contributed by atoms with van der Waals surface area (Å²) >= 11 is 0. The molecule has 0 aliphatic heterocycles. The third kappa shape index (κ3) is 6.78.